The number of anilines is 1. The summed E-state index contributed by atoms with van der Waals surface area (Å²) in [6, 6.07) is 0. The minimum Gasteiger partial charge on any atom is -0.384 e. The molecule has 1 fully saturated rings. The number of nitrogens with two attached hydrogens (primary N) is 1. The van der Waals surface area contributed by atoms with E-state index in [4.69, 9.17) is 10.5 Å². The standard InChI is InChI=1S/C11H18N4O/c1-16-8-9-2-3-15(7-9)11-13-5-10(4-12)6-14-11/h5-6,9H,2-4,7-8,12H2,1H3. The van der Waals surface area contributed by atoms with E-state index in [0.717, 1.165) is 37.6 Å². The van der Waals surface area contributed by atoms with Crippen LogP contribution in [-0.2, 0) is 11.3 Å². The first-order valence-electron chi connectivity index (χ1n) is 5.58. The zero-order valence-electron chi connectivity index (χ0n) is 9.59. The lowest BCUT2D eigenvalue weighted by atomic mass is 10.1. The summed E-state index contributed by atoms with van der Waals surface area (Å²) in [5.74, 6) is 1.40. The Morgan fingerprint density at radius 2 is 2.25 bits per heavy atom. The van der Waals surface area contributed by atoms with Gasteiger partial charge in [-0.25, -0.2) is 9.97 Å². The molecule has 88 valence electrons. The van der Waals surface area contributed by atoms with Crippen molar-refractivity contribution in [2.24, 2.45) is 11.7 Å². The maximum atomic E-state index is 5.50. The third-order valence-corrected chi connectivity index (χ3v) is 2.90. The Balaban J connectivity index is 1.97. The Hall–Kier alpha value is -1.20. The van der Waals surface area contributed by atoms with Gasteiger partial charge in [-0.15, -0.1) is 0 Å². The lowest BCUT2D eigenvalue weighted by molar-refractivity contribution is 0.161. The largest absolute Gasteiger partial charge is 0.384 e. The van der Waals surface area contributed by atoms with Gasteiger partial charge < -0.3 is 15.4 Å². The van der Waals surface area contributed by atoms with Gasteiger partial charge in [0.2, 0.25) is 5.95 Å². The SMILES string of the molecule is COCC1CCN(c2ncc(CN)cn2)C1. The van der Waals surface area contributed by atoms with E-state index in [0.29, 0.717) is 12.5 Å². The second-order valence-electron chi connectivity index (χ2n) is 4.15. The van der Waals surface area contributed by atoms with E-state index >= 15 is 0 Å². The molecule has 0 spiro atoms. The van der Waals surface area contributed by atoms with Crippen LogP contribution in [0.2, 0.25) is 0 Å². The second kappa shape index (κ2) is 5.23. The summed E-state index contributed by atoms with van der Waals surface area (Å²) >= 11 is 0. The number of hydrogen-bond donors (Lipinski definition) is 1. The molecular weight excluding hydrogens is 204 g/mol. The van der Waals surface area contributed by atoms with Crippen LogP contribution in [0.3, 0.4) is 0 Å². The predicted octanol–water partition coefficient (Wildman–Crippen LogP) is 0.408. The fraction of sp³-hybridized carbons (Fsp3) is 0.636. The van der Waals surface area contributed by atoms with Crippen molar-refractivity contribution >= 4 is 5.95 Å². The van der Waals surface area contributed by atoms with Gasteiger partial charge in [-0.3, -0.25) is 0 Å². The Morgan fingerprint density at radius 3 is 2.88 bits per heavy atom. The van der Waals surface area contributed by atoms with Crippen LogP contribution < -0.4 is 10.6 Å². The van der Waals surface area contributed by atoms with Crippen molar-refractivity contribution in [1.29, 1.82) is 0 Å². The van der Waals surface area contributed by atoms with E-state index in [-0.39, 0.29) is 0 Å². The summed E-state index contributed by atoms with van der Waals surface area (Å²) < 4.78 is 5.16. The number of ether oxygens (including phenoxy) is 1. The van der Waals surface area contributed by atoms with Gasteiger partial charge in [-0.2, -0.15) is 0 Å². The molecule has 1 unspecified atom stereocenters. The number of methoxy groups -OCH3 is 1. The molecule has 5 nitrogen and oxygen atoms in total. The fourth-order valence-electron chi connectivity index (χ4n) is 2.00. The van der Waals surface area contributed by atoms with Gasteiger partial charge in [-0.1, -0.05) is 0 Å². The monoisotopic (exact) mass is 222 g/mol. The fourth-order valence-corrected chi connectivity index (χ4v) is 2.00. The normalized spacial score (nSPS) is 20.4. The van der Waals surface area contributed by atoms with Gasteiger partial charge in [0.05, 0.1) is 6.61 Å². The van der Waals surface area contributed by atoms with Crippen LogP contribution in [0, 0.1) is 5.92 Å². The summed E-state index contributed by atoms with van der Waals surface area (Å²) in [6.07, 6.45) is 4.74. The van der Waals surface area contributed by atoms with Gasteiger partial charge >= 0.3 is 0 Å². The molecule has 1 aromatic heterocycles. The Bertz CT molecular complexity index is 327. The molecule has 1 atom stereocenters. The molecule has 0 aliphatic carbocycles. The molecule has 0 aromatic carbocycles. The molecular formula is C11H18N4O. The number of rotatable bonds is 4. The molecule has 1 aliphatic rings. The molecule has 0 radical (unpaired) electrons. The van der Waals surface area contributed by atoms with Crippen molar-refractivity contribution in [3.63, 3.8) is 0 Å². The summed E-state index contributed by atoms with van der Waals surface area (Å²) in [5.41, 5.74) is 6.47. The van der Waals surface area contributed by atoms with E-state index < -0.39 is 0 Å². The average molecular weight is 222 g/mol. The lowest BCUT2D eigenvalue weighted by Crippen LogP contribution is -2.23. The molecule has 0 bridgehead atoms. The first-order valence-corrected chi connectivity index (χ1v) is 5.58. The van der Waals surface area contributed by atoms with Gasteiger partial charge in [0.1, 0.15) is 0 Å². The third-order valence-electron chi connectivity index (χ3n) is 2.90. The molecule has 1 aliphatic heterocycles. The summed E-state index contributed by atoms with van der Waals surface area (Å²) in [5, 5.41) is 0. The molecule has 0 amide bonds. The van der Waals surface area contributed by atoms with Gasteiger partial charge in [0.15, 0.2) is 0 Å². The van der Waals surface area contributed by atoms with Crippen LogP contribution in [-0.4, -0.2) is 36.8 Å². The van der Waals surface area contributed by atoms with E-state index in [1.54, 1.807) is 19.5 Å². The topological polar surface area (TPSA) is 64.3 Å². The molecule has 1 aromatic rings. The van der Waals surface area contributed by atoms with Crippen LogP contribution in [0.4, 0.5) is 5.95 Å². The highest BCUT2D eigenvalue weighted by Gasteiger charge is 2.23. The minimum absolute atomic E-state index is 0.493. The highest BCUT2D eigenvalue weighted by molar-refractivity contribution is 5.31. The summed E-state index contributed by atoms with van der Waals surface area (Å²) in [7, 11) is 1.75. The van der Waals surface area contributed by atoms with E-state index in [1.807, 2.05) is 0 Å². The molecule has 2 N–H and O–H groups in total. The van der Waals surface area contributed by atoms with Crippen LogP contribution in [0.25, 0.3) is 0 Å². The number of nitrogens with zero attached hydrogens (tertiary/aromatic N) is 3. The van der Waals surface area contributed by atoms with Crippen molar-refractivity contribution in [3.8, 4) is 0 Å². The number of hydrogen-bond acceptors (Lipinski definition) is 5. The van der Waals surface area contributed by atoms with Gasteiger partial charge in [-0.05, 0) is 6.42 Å². The summed E-state index contributed by atoms with van der Waals surface area (Å²) in [4.78, 5) is 10.8. The zero-order valence-corrected chi connectivity index (χ0v) is 9.59. The van der Waals surface area contributed by atoms with Crippen molar-refractivity contribution in [2.75, 3.05) is 31.7 Å². The van der Waals surface area contributed by atoms with Crippen LogP contribution in [0.15, 0.2) is 12.4 Å². The molecule has 16 heavy (non-hydrogen) atoms. The van der Waals surface area contributed by atoms with E-state index in [1.165, 1.54) is 0 Å². The Morgan fingerprint density at radius 1 is 1.50 bits per heavy atom. The van der Waals surface area contributed by atoms with Crippen molar-refractivity contribution in [2.45, 2.75) is 13.0 Å². The smallest absolute Gasteiger partial charge is 0.225 e. The maximum Gasteiger partial charge on any atom is 0.225 e. The molecule has 1 saturated heterocycles. The van der Waals surface area contributed by atoms with Crippen molar-refractivity contribution in [1.82, 2.24) is 9.97 Å². The lowest BCUT2D eigenvalue weighted by Gasteiger charge is -2.15. The predicted molar refractivity (Wildman–Crippen MR) is 62.1 cm³/mol. The molecule has 5 heteroatoms. The quantitative estimate of drug-likeness (QED) is 0.799. The van der Waals surface area contributed by atoms with Crippen molar-refractivity contribution in [3.05, 3.63) is 18.0 Å². The third kappa shape index (κ3) is 2.48. The maximum absolute atomic E-state index is 5.50. The van der Waals surface area contributed by atoms with Crippen LogP contribution in [0.1, 0.15) is 12.0 Å². The highest BCUT2D eigenvalue weighted by atomic mass is 16.5. The van der Waals surface area contributed by atoms with E-state index in [9.17, 15) is 0 Å². The Kier molecular flexibility index (Phi) is 3.69. The first kappa shape index (κ1) is 11.3. The first-order chi connectivity index (χ1) is 7.83. The van der Waals surface area contributed by atoms with Crippen molar-refractivity contribution < 1.29 is 4.74 Å². The van der Waals surface area contributed by atoms with Crippen LogP contribution >= 0.6 is 0 Å². The minimum atomic E-state index is 0.493. The average Bonchev–Trinajstić information content (AvgIpc) is 2.78. The molecule has 2 heterocycles. The highest BCUT2D eigenvalue weighted by Crippen LogP contribution is 2.20. The zero-order chi connectivity index (χ0) is 11.4. The van der Waals surface area contributed by atoms with E-state index in [2.05, 4.69) is 14.9 Å². The second-order valence-corrected chi connectivity index (χ2v) is 4.15. The number of aromatic nitrogens is 2. The summed E-state index contributed by atoms with van der Waals surface area (Å²) in [6.45, 7) is 3.30. The molecule has 0 saturated carbocycles. The van der Waals surface area contributed by atoms with Gasteiger partial charge in [0, 0.05) is 50.6 Å². The van der Waals surface area contributed by atoms with Crippen LogP contribution in [0.5, 0.6) is 0 Å². The molecule has 2 rings (SSSR count). The van der Waals surface area contributed by atoms with Gasteiger partial charge in [0.25, 0.3) is 0 Å². The Labute approximate surface area is 95.6 Å².